The molecule has 0 aliphatic rings. The van der Waals surface area contributed by atoms with E-state index < -0.39 is 0 Å². The molecule has 88 valence electrons. The molecule has 0 aliphatic carbocycles. The van der Waals surface area contributed by atoms with Gasteiger partial charge in [-0.25, -0.2) is 0 Å². The summed E-state index contributed by atoms with van der Waals surface area (Å²) >= 11 is 0. The maximum atomic E-state index is 5.22. The molecule has 2 aromatic rings. The van der Waals surface area contributed by atoms with E-state index in [-0.39, 0.29) is 0 Å². The van der Waals surface area contributed by atoms with Gasteiger partial charge in [0.05, 0.1) is 14.2 Å². The van der Waals surface area contributed by atoms with Crippen molar-refractivity contribution in [3.63, 3.8) is 0 Å². The number of hydrogen-bond donors (Lipinski definition) is 0. The van der Waals surface area contributed by atoms with Gasteiger partial charge in [-0.15, -0.1) is 0 Å². The Labute approximate surface area is 103 Å². The lowest BCUT2D eigenvalue weighted by molar-refractivity contribution is 0.415. The van der Waals surface area contributed by atoms with Gasteiger partial charge in [0.2, 0.25) is 0 Å². The van der Waals surface area contributed by atoms with Crippen LogP contribution in [-0.2, 0) is 0 Å². The predicted molar refractivity (Wildman–Crippen MR) is 73.6 cm³/mol. The minimum atomic E-state index is 0.616. The minimum absolute atomic E-state index is 0.616. The molecule has 0 unspecified atom stereocenters. The third kappa shape index (κ3) is 3.21. The number of methoxy groups -OCH3 is 2. The molecular weight excluding hydrogens is 231 g/mol. The van der Waals surface area contributed by atoms with Gasteiger partial charge in [0, 0.05) is 0 Å². The SMILES string of the molecule is COc1cccc(Pc2cccc(OC)c2)c1. The molecule has 0 radical (unpaired) electrons. The zero-order valence-corrected chi connectivity index (χ0v) is 10.9. The van der Waals surface area contributed by atoms with Gasteiger partial charge in [-0.3, -0.25) is 0 Å². The number of benzene rings is 2. The van der Waals surface area contributed by atoms with Gasteiger partial charge >= 0.3 is 0 Å². The van der Waals surface area contributed by atoms with Crippen LogP contribution in [0.3, 0.4) is 0 Å². The van der Waals surface area contributed by atoms with E-state index in [9.17, 15) is 0 Å². The summed E-state index contributed by atoms with van der Waals surface area (Å²) in [4.78, 5) is 0. The summed E-state index contributed by atoms with van der Waals surface area (Å²) in [7, 11) is 3.99. The van der Waals surface area contributed by atoms with Crippen molar-refractivity contribution in [1.82, 2.24) is 0 Å². The average Bonchev–Trinajstić information content (AvgIpc) is 2.39. The minimum Gasteiger partial charge on any atom is -0.497 e. The van der Waals surface area contributed by atoms with Crippen molar-refractivity contribution in [3.8, 4) is 11.5 Å². The maximum absolute atomic E-state index is 5.22. The topological polar surface area (TPSA) is 18.5 Å². The highest BCUT2D eigenvalue weighted by Crippen LogP contribution is 2.17. The highest BCUT2D eigenvalue weighted by molar-refractivity contribution is 7.55. The molecule has 0 amide bonds. The highest BCUT2D eigenvalue weighted by Gasteiger charge is 1.99. The van der Waals surface area contributed by atoms with Crippen molar-refractivity contribution in [2.24, 2.45) is 0 Å². The summed E-state index contributed by atoms with van der Waals surface area (Å²) in [5.74, 6) is 1.80. The highest BCUT2D eigenvalue weighted by atomic mass is 31.1. The molecule has 2 aromatic carbocycles. The number of rotatable bonds is 4. The van der Waals surface area contributed by atoms with Crippen molar-refractivity contribution in [2.45, 2.75) is 0 Å². The monoisotopic (exact) mass is 246 g/mol. The third-order valence-corrected chi connectivity index (χ3v) is 3.63. The van der Waals surface area contributed by atoms with Crippen molar-refractivity contribution in [3.05, 3.63) is 48.5 Å². The Bertz CT molecular complexity index is 452. The van der Waals surface area contributed by atoms with E-state index >= 15 is 0 Å². The van der Waals surface area contributed by atoms with Gasteiger partial charge in [0.15, 0.2) is 0 Å². The van der Waals surface area contributed by atoms with Crippen molar-refractivity contribution >= 4 is 19.2 Å². The van der Waals surface area contributed by atoms with E-state index in [1.54, 1.807) is 14.2 Å². The fourth-order valence-electron chi connectivity index (χ4n) is 1.57. The quantitative estimate of drug-likeness (QED) is 0.771. The summed E-state index contributed by atoms with van der Waals surface area (Å²) in [6, 6.07) is 16.3. The normalized spacial score (nSPS) is 10.0. The first kappa shape index (κ1) is 11.9. The summed E-state index contributed by atoms with van der Waals surface area (Å²) in [5.41, 5.74) is 0. The Morgan fingerprint density at radius 2 is 1.24 bits per heavy atom. The molecule has 0 aliphatic heterocycles. The van der Waals surface area contributed by atoms with Crippen LogP contribution in [0.25, 0.3) is 0 Å². The van der Waals surface area contributed by atoms with Crippen LogP contribution in [0.1, 0.15) is 0 Å². The molecule has 0 bridgehead atoms. The van der Waals surface area contributed by atoms with Gasteiger partial charge in [-0.2, -0.15) is 0 Å². The van der Waals surface area contributed by atoms with Gasteiger partial charge in [0.25, 0.3) is 0 Å². The molecule has 0 atom stereocenters. The number of hydrogen-bond acceptors (Lipinski definition) is 2. The van der Waals surface area contributed by atoms with E-state index in [2.05, 4.69) is 24.3 Å². The molecule has 0 heterocycles. The average molecular weight is 246 g/mol. The fourth-order valence-corrected chi connectivity index (χ4v) is 2.69. The van der Waals surface area contributed by atoms with Crippen LogP contribution in [0.5, 0.6) is 11.5 Å². The van der Waals surface area contributed by atoms with Crippen LogP contribution in [0.2, 0.25) is 0 Å². The Kier molecular flexibility index (Phi) is 4.00. The molecular formula is C14H15O2P. The Morgan fingerprint density at radius 3 is 1.65 bits per heavy atom. The standard InChI is InChI=1S/C14H15O2P/c1-15-11-5-3-7-13(9-11)17-14-8-4-6-12(10-14)16-2/h3-10,17H,1-2H3. The van der Waals surface area contributed by atoms with E-state index in [1.165, 1.54) is 10.6 Å². The van der Waals surface area contributed by atoms with Crippen molar-refractivity contribution < 1.29 is 9.47 Å². The van der Waals surface area contributed by atoms with E-state index in [0.717, 1.165) is 11.5 Å². The van der Waals surface area contributed by atoms with Gasteiger partial charge in [0.1, 0.15) is 11.5 Å². The fraction of sp³-hybridized carbons (Fsp3) is 0.143. The van der Waals surface area contributed by atoms with Gasteiger partial charge in [-0.05, 0) is 34.9 Å². The Morgan fingerprint density at radius 1 is 0.765 bits per heavy atom. The number of ether oxygens (including phenoxy) is 2. The van der Waals surface area contributed by atoms with Crippen LogP contribution in [-0.4, -0.2) is 14.2 Å². The molecule has 0 fully saturated rings. The van der Waals surface area contributed by atoms with Crippen LogP contribution in [0.15, 0.2) is 48.5 Å². The van der Waals surface area contributed by atoms with Crippen molar-refractivity contribution in [1.29, 1.82) is 0 Å². The lowest BCUT2D eigenvalue weighted by Gasteiger charge is -2.06. The predicted octanol–water partition coefficient (Wildman–Crippen LogP) is 2.33. The smallest absolute Gasteiger partial charge is 0.119 e. The molecule has 0 saturated heterocycles. The van der Waals surface area contributed by atoms with E-state index in [1.807, 2.05) is 24.3 Å². The molecule has 2 rings (SSSR count). The largest absolute Gasteiger partial charge is 0.497 e. The first-order valence-electron chi connectivity index (χ1n) is 5.37. The molecule has 3 heteroatoms. The zero-order chi connectivity index (χ0) is 12.1. The first-order chi connectivity index (χ1) is 8.31. The Balaban J connectivity index is 2.18. The van der Waals surface area contributed by atoms with E-state index in [0.29, 0.717) is 8.58 Å². The lowest BCUT2D eigenvalue weighted by Crippen LogP contribution is -2.03. The molecule has 2 nitrogen and oxygen atoms in total. The molecule has 0 spiro atoms. The Hall–Kier alpha value is -1.53. The molecule has 17 heavy (non-hydrogen) atoms. The second kappa shape index (κ2) is 5.70. The summed E-state index contributed by atoms with van der Waals surface area (Å²) in [6.45, 7) is 0. The second-order valence-corrected chi connectivity index (χ2v) is 4.99. The van der Waals surface area contributed by atoms with Crippen LogP contribution in [0.4, 0.5) is 0 Å². The summed E-state index contributed by atoms with van der Waals surface area (Å²) in [6.07, 6.45) is 0. The van der Waals surface area contributed by atoms with Crippen molar-refractivity contribution in [2.75, 3.05) is 14.2 Å². The van der Waals surface area contributed by atoms with E-state index in [4.69, 9.17) is 9.47 Å². The maximum Gasteiger partial charge on any atom is 0.119 e. The second-order valence-electron chi connectivity index (χ2n) is 3.59. The summed E-state index contributed by atoms with van der Waals surface area (Å²) < 4.78 is 10.4. The zero-order valence-electron chi connectivity index (χ0n) is 9.94. The third-order valence-electron chi connectivity index (χ3n) is 2.43. The van der Waals surface area contributed by atoms with Crippen LogP contribution in [0, 0.1) is 0 Å². The summed E-state index contributed by atoms with van der Waals surface area (Å²) in [5, 5.41) is 2.52. The first-order valence-corrected chi connectivity index (χ1v) is 6.37. The molecule has 0 aromatic heterocycles. The van der Waals surface area contributed by atoms with Crippen LogP contribution < -0.4 is 20.1 Å². The van der Waals surface area contributed by atoms with Crippen LogP contribution >= 0.6 is 8.58 Å². The molecule has 0 saturated carbocycles. The lowest BCUT2D eigenvalue weighted by atomic mass is 10.3. The molecule has 0 N–H and O–H groups in total. The van der Waals surface area contributed by atoms with Gasteiger partial charge in [-0.1, -0.05) is 32.8 Å². The van der Waals surface area contributed by atoms with Gasteiger partial charge < -0.3 is 9.47 Å².